The van der Waals surface area contributed by atoms with Crippen molar-refractivity contribution in [3.05, 3.63) is 29.3 Å². The summed E-state index contributed by atoms with van der Waals surface area (Å²) in [4.78, 5) is 33.9. The number of aliphatic carboxylic acids is 1. The third-order valence-electron chi connectivity index (χ3n) is 3.45. The molecular formula is C15H17ClN2O4. The van der Waals surface area contributed by atoms with Gasteiger partial charge in [-0.1, -0.05) is 11.6 Å². The lowest BCUT2D eigenvalue weighted by atomic mass is 10.2. The Morgan fingerprint density at radius 3 is 2.45 bits per heavy atom. The van der Waals surface area contributed by atoms with Gasteiger partial charge in [-0.2, -0.15) is 0 Å². The Bertz CT molecular complexity index is 573. The monoisotopic (exact) mass is 324 g/mol. The van der Waals surface area contributed by atoms with Gasteiger partial charge in [0, 0.05) is 23.7 Å². The maximum atomic E-state index is 11.7. The Labute approximate surface area is 132 Å². The van der Waals surface area contributed by atoms with Crippen LogP contribution in [0.2, 0.25) is 5.02 Å². The fourth-order valence-electron chi connectivity index (χ4n) is 2.11. The van der Waals surface area contributed by atoms with Crippen molar-refractivity contribution in [1.29, 1.82) is 0 Å². The van der Waals surface area contributed by atoms with Crippen molar-refractivity contribution in [2.45, 2.75) is 19.3 Å². The summed E-state index contributed by atoms with van der Waals surface area (Å²) in [6.07, 6.45) is 1.17. The van der Waals surface area contributed by atoms with Crippen LogP contribution in [0.5, 0.6) is 0 Å². The van der Waals surface area contributed by atoms with Crippen molar-refractivity contribution < 1.29 is 19.5 Å². The van der Waals surface area contributed by atoms with Crippen LogP contribution in [-0.4, -0.2) is 29.4 Å². The highest BCUT2D eigenvalue weighted by atomic mass is 35.5. The van der Waals surface area contributed by atoms with Gasteiger partial charge in [0.2, 0.25) is 11.8 Å². The fourth-order valence-corrected chi connectivity index (χ4v) is 2.23. The summed E-state index contributed by atoms with van der Waals surface area (Å²) in [5, 5.41) is 14.7. The summed E-state index contributed by atoms with van der Waals surface area (Å²) in [5.41, 5.74) is 0.667. The van der Waals surface area contributed by atoms with Crippen LogP contribution in [0.3, 0.4) is 0 Å². The fraction of sp³-hybridized carbons (Fsp3) is 0.400. The van der Waals surface area contributed by atoms with Gasteiger partial charge in [0.05, 0.1) is 11.8 Å². The summed E-state index contributed by atoms with van der Waals surface area (Å²) in [7, 11) is 0. The molecule has 1 aliphatic carbocycles. The maximum absolute atomic E-state index is 11.7. The molecule has 2 atom stereocenters. The normalized spacial score (nSPS) is 19.3. The summed E-state index contributed by atoms with van der Waals surface area (Å²) in [6.45, 7) is 0.357. The first-order valence-electron chi connectivity index (χ1n) is 7.03. The van der Waals surface area contributed by atoms with Crippen LogP contribution < -0.4 is 10.6 Å². The molecule has 6 nitrogen and oxygen atoms in total. The van der Waals surface area contributed by atoms with Gasteiger partial charge in [-0.15, -0.1) is 0 Å². The van der Waals surface area contributed by atoms with E-state index in [-0.39, 0.29) is 18.2 Å². The first kappa shape index (κ1) is 16.3. The molecule has 0 saturated heterocycles. The van der Waals surface area contributed by atoms with Gasteiger partial charge in [0.25, 0.3) is 0 Å². The Morgan fingerprint density at radius 2 is 1.86 bits per heavy atom. The van der Waals surface area contributed by atoms with Crippen molar-refractivity contribution in [2.24, 2.45) is 11.8 Å². The van der Waals surface area contributed by atoms with Crippen molar-refractivity contribution in [2.75, 3.05) is 11.9 Å². The van der Waals surface area contributed by atoms with Gasteiger partial charge in [-0.05, 0) is 37.1 Å². The second-order valence-corrected chi connectivity index (χ2v) is 5.67. The molecule has 1 aromatic rings. The lowest BCUT2D eigenvalue weighted by Gasteiger charge is -2.06. The first-order chi connectivity index (χ1) is 10.5. The summed E-state index contributed by atoms with van der Waals surface area (Å²) < 4.78 is 0. The van der Waals surface area contributed by atoms with Crippen LogP contribution in [0.25, 0.3) is 0 Å². The van der Waals surface area contributed by atoms with E-state index < -0.39 is 17.8 Å². The van der Waals surface area contributed by atoms with E-state index in [1.165, 1.54) is 0 Å². The summed E-state index contributed by atoms with van der Waals surface area (Å²) >= 11 is 5.75. The van der Waals surface area contributed by atoms with Gasteiger partial charge in [-0.3, -0.25) is 14.4 Å². The molecule has 7 heteroatoms. The minimum Gasteiger partial charge on any atom is -0.481 e. The zero-order valence-electron chi connectivity index (χ0n) is 11.8. The minimum absolute atomic E-state index is 0.147. The van der Waals surface area contributed by atoms with Crippen LogP contribution in [0.15, 0.2) is 24.3 Å². The number of carbonyl (C=O) groups is 3. The van der Waals surface area contributed by atoms with E-state index in [2.05, 4.69) is 10.6 Å². The van der Waals surface area contributed by atoms with Crippen LogP contribution in [-0.2, 0) is 14.4 Å². The van der Waals surface area contributed by atoms with Crippen LogP contribution in [0, 0.1) is 11.8 Å². The molecule has 2 amide bonds. The number of carboxylic acid groups (broad SMARTS) is 1. The second-order valence-electron chi connectivity index (χ2n) is 5.24. The molecule has 1 saturated carbocycles. The maximum Gasteiger partial charge on any atom is 0.307 e. The molecule has 1 aromatic carbocycles. The molecule has 22 heavy (non-hydrogen) atoms. The molecule has 0 aromatic heterocycles. The lowest BCUT2D eigenvalue weighted by Crippen LogP contribution is -2.28. The average molecular weight is 325 g/mol. The van der Waals surface area contributed by atoms with E-state index in [1.807, 2.05) is 0 Å². The molecule has 0 spiro atoms. The third-order valence-corrected chi connectivity index (χ3v) is 3.70. The molecule has 1 fully saturated rings. The highest BCUT2D eigenvalue weighted by molar-refractivity contribution is 6.30. The highest BCUT2D eigenvalue weighted by Crippen LogP contribution is 2.38. The zero-order chi connectivity index (χ0) is 16.1. The molecule has 0 bridgehead atoms. The standard InChI is InChI=1S/C15H17ClN2O4/c16-9-3-5-10(6-4-9)18-13(19)2-1-7-17-14(20)11-8-12(11)15(21)22/h3-6,11-12H,1-2,7-8H2,(H,17,20)(H,18,19)(H,21,22). The van der Waals surface area contributed by atoms with Crippen molar-refractivity contribution >= 4 is 35.1 Å². The van der Waals surface area contributed by atoms with Gasteiger partial charge >= 0.3 is 5.97 Å². The minimum atomic E-state index is -0.928. The van der Waals surface area contributed by atoms with E-state index in [4.69, 9.17) is 16.7 Å². The number of hydrogen-bond acceptors (Lipinski definition) is 3. The van der Waals surface area contributed by atoms with E-state index in [1.54, 1.807) is 24.3 Å². The Morgan fingerprint density at radius 1 is 1.18 bits per heavy atom. The molecular weight excluding hydrogens is 308 g/mol. The number of carboxylic acids is 1. The molecule has 2 unspecified atom stereocenters. The number of anilines is 1. The Hall–Kier alpha value is -2.08. The number of nitrogens with one attached hydrogen (secondary N) is 2. The van der Waals surface area contributed by atoms with Crippen LogP contribution >= 0.6 is 11.6 Å². The number of halogens is 1. The van der Waals surface area contributed by atoms with Gasteiger partial charge in [0.15, 0.2) is 0 Å². The van der Waals surface area contributed by atoms with E-state index in [0.717, 1.165) is 0 Å². The predicted molar refractivity (Wildman–Crippen MR) is 81.6 cm³/mol. The second kappa shape index (κ2) is 7.26. The Kier molecular flexibility index (Phi) is 5.38. The SMILES string of the molecule is O=C(CCCNC(=O)C1CC1C(=O)O)Nc1ccc(Cl)cc1. The van der Waals surface area contributed by atoms with E-state index in [0.29, 0.717) is 30.1 Å². The van der Waals surface area contributed by atoms with E-state index >= 15 is 0 Å². The van der Waals surface area contributed by atoms with Gasteiger partial charge in [-0.25, -0.2) is 0 Å². The molecule has 0 aliphatic heterocycles. The van der Waals surface area contributed by atoms with Crippen molar-refractivity contribution in [3.63, 3.8) is 0 Å². The van der Waals surface area contributed by atoms with Crippen molar-refractivity contribution in [1.82, 2.24) is 5.32 Å². The first-order valence-corrected chi connectivity index (χ1v) is 7.41. The molecule has 118 valence electrons. The van der Waals surface area contributed by atoms with Crippen LogP contribution in [0.1, 0.15) is 19.3 Å². The number of rotatable bonds is 7. The number of carbonyl (C=O) groups excluding carboxylic acids is 2. The highest BCUT2D eigenvalue weighted by Gasteiger charge is 2.48. The molecule has 0 radical (unpaired) electrons. The predicted octanol–water partition coefficient (Wildman–Crippen LogP) is 1.90. The molecule has 2 rings (SSSR count). The molecule has 1 aliphatic rings. The average Bonchev–Trinajstić information content (AvgIpc) is 3.26. The van der Waals surface area contributed by atoms with Crippen LogP contribution in [0.4, 0.5) is 5.69 Å². The summed E-state index contributed by atoms with van der Waals surface area (Å²) in [6, 6.07) is 6.79. The number of hydrogen-bond donors (Lipinski definition) is 3. The van der Waals surface area contributed by atoms with Gasteiger partial charge in [0.1, 0.15) is 0 Å². The van der Waals surface area contributed by atoms with E-state index in [9.17, 15) is 14.4 Å². The summed E-state index contributed by atoms with van der Waals surface area (Å²) in [5.74, 6) is -2.28. The lowest BCUT2D eigenvalue weighted by molar-refractivity contribution is -0.140. The number of benzene rings is 1. The van der Waals surface area contributed by atoms with Crippen molar-refractivity contribution in [3.8, 4) is 0 Å². The molecule has 0 heterocycles. The quantitative estimate of drug-likeness (QED) is 0.667. The zero-order valence-corrected chi connectivity index (χ0v) is 12.6. The third kappa shape index (κ3) is 4.73. The largest absolute Gasteiger partial charge is 0.481 e. The molecule has 3 N–H and O–H groups in total. The van der Waals surface area contributed by atoms with Gasteiger partial charge < -0.3 is 15.7 Å². The smallest absolute Gasteiger partial charge is 0.307 e. The number of amides is 2. The topological polar surface area (TPSA) is 95.5 Å². The Balaban J connectivity index is 1.60.